The second kappa shape index (κ2) is 8.07. The van der Waals surface area contributed by atoms with Crippen molar-refractivity contribution in [1.82, 2.24) is 10.2 Å². The highest BCUT2D eigenvalue weighted by atomic mass is 19.4. The van der Waals surface area contributed by atoms with E-state index in [9.17, 15) is 22.4 Å². The molecule has 0 spiro atoms. The van der Waals surface area contributed by atoms with Crippen LogP contribution >= 0.6 is 0 Å². The number of carbonyl (C=O) groups is 1. The first-order valence-corrected chi connectivity index (χ1v) is 7.68. The fourth-order valence-corrected chi connectivity index (χ4v) is 2.28. The van der Waals surface area contributed by atoms with E-state index in [0.29, 0.717) is 11.1 Å². The molecule has 0 saturated carbocycles. The fourth-order valence-electron chi connectivity index (χ4n) is 2.28. The minimum absolute atomic E-state index is 0.0816. The van der Waals surface area contributed by atoms with E-state index in [1.54, 1.807) is 6.07 Å². The first kappa shape index (κ1) is 19.6. The number of ether oxygens (including phenoxy) is 1. The average molecular weight is 370 g/mol. The van der Waals surface area contributed by atoms with E-state index >= 15 is 0 Å². The smallest absolute Gasteiger partial charge is 0.416 e. The average Bonchev–Trinajstić information content (AvgIpc) is 2.59. The van der Waals surface area contributed by atoms with Crippen LogP contribution in [0.2, 0.25) is 0 Å². The summed E-state index contributed by atoms with van der Waals surface area (Å²) in [6.07, 6.45) is -4.39. The summed E-state index contributed by atoms with van der Waals surface area (Å²) in [5, 5.41) is 2.60. The molecule has 0 aliphatic carbocycles. The van der Waals surface area contributed by atoms with Crippen molar-refractivity contribution in [1.29, 1.82) is 0 Å². The van der Waals surface area contributed by atoms with E-state index in [0.717, 1.165) is 12.1 Å². The Labute approximate surface area is 148 Å². The van der Waals surface area contributed by atoms with Gasteiger partial charge < -0.3 is 15.0 Å². The van der Waals surface area contributed by atoms with Crippen LogP contribution in [0, 0.1) is 5.82 Å². The number of alkyl halides is 3. The standard InChI is InChI=1S/C18H18F4N2O2/c1-24(11-13-5-8-16(26-2)15(19)9-13)17(25)23-10-12-3-6-14(7-4-12)18(20,21)22/h3-9H,10-11H2,1-2H3,(H,23,25). The summed E-state index contributed by atoms with van der Waals surface area (Å²) in [5.74, 6) is -0.410. The monoisotopic (exact) mass is 370 g/mol. The zero-order valence-electron chi connectivity index (χ0n) is 14.2. The lowest BCUT2D eigenvalue weighted by Crippen LogP contribution is -2.36. The number of urea groups is 1. The molecular weight excluding hydrogens is 352 g/mol. The summed E-state index contributed by atoms with van der Waals surface area (Å²) >= 11 is 0. The Morgan fingerprint density at radius 3 is 2.27 bits per heavy atom. The fraction of sp³-hybridized carbons (Fsp3) is 0.278. The number of nitrogens with one attached hydrogen (secondary N) is 1. The van der Waals surface area contributed by atoms with Gasteiger partial charge in [0.2, 0.25) is 0 Å². The number of hydrogen-bond donors (Lipinski definition) is 1. The van der Waals surface area contributed by atoms with E-state index in [1.165, 1.54) is 43.3 Å². The van der Waals surface area contributed by atoms with Crippen LogP contribution in [0.15, 0.2) is 42.5 Å². The van der Waals surface area contributed by atoms with Crippen molar-refractivity contribution in [2.75, 3.05) is 14.2 Å². The molecular formula is C18H18F4N2O2. The van der Waals surface area contributed by atoms with Gasteiger partial charge in [-0.25, -0.2) is 9.18 Å². The maximum atomic E-state index is 13.7. The molecule has 0 aliphatic heterocycles. The van der Waals surface area contributed by atoms with Crippen molar-refractivity contribution in [2.45, 2.75) is 19.3 Å². The van der Waals surface area contributed by atoms with Gasteiger partial charge >= 0.3 is 12.2 Å². The number of benzene rings is 2. The van der Waals surface area contributed by atoms with E-state index in [1.807, 2.05) is 0 Å². The van der Waals surface area contributed by atoms with Crippen LogP contribution in [0.1, 0.15) is 16.7 Å². The van der Waals surface area contributed by atoms with Gasteiger partial charge in [-0.15, -0.1) is 0 Å². The predicted octanol–water partition coefficient (Wildman–Crippen LogP) is 4.19. The van der Waals surface area contributed by atoms with Crippen molar-refractivity contribution < 1.29 is 27.1 Å². The zero-order valence-corrected chi connectivity index (χ0v) is 14.2. The maximum absolute atomic E-state index is 13.7. The summed E-state index contributed by atoms with van der Waals surface area (Å²) in [5.41, 5.74) is 0.372. The third-order valence-corrected chi connectivity index (χ3v) is 3.71. The highest BCUT2D eigenvalue weighted by Crippen LogP contribution is 2.29. The van der Waals surface area contributed by atoms with Crippen LogP contribution in [0.25, 0.3) is 0 Å². The van der Waals surface area contributed by atoms with Crippen LogP contribution in [-0.4, -0.2) is 25.1 Å². The molecule has 2 amide bonds. The minimum atomic E-state index is -4.39. The van der Waals surface area contributed by atoms with E-state index in [-0.39, 0.29) is 18.8 Å². The molecule has 8 heteroatoms. The van der Waals surface area contributed by atoms with E-state index in [4.69, 9.17) is 4.74 Å². The summed E-state index contributed by atoms with van der Waals surface area (Å²) in [6, 6.07) is 8.50. The molecule has 0 bridgehead atoms. The lowest BCUT2D eigenvalue weighted by molar-refractivity contribution is -0.137. The molecule has 2 aromatic carbocycles. The Hall–Kier alpha value is -2.77. The normalized spacial score (nSPS) is 11.2. The van der Waals surface area contributed by atoms with Gasteiger partial charge in [-0.05, 0) is 35.4 Å². The molecule has 0 aromatic heterocycles. The highest BCUT2D eigenvalue weighted by molar-refractivity contribution is 5.73. The molecule has 26 heavy (non-hydrogen) atoms. The molecule has 0 unspecified atom stereocenters. The summed E-state index contributed by atoms with van der Waals surface area (Å²) in [6.45, 7) is 0.248. The van der Waals surface area contributed by atoms with Gasteiger partial charge in [-0.1, -0.05) is 18.2 Å². The Morgan fingerprint density at radius 1 is 1.12 bits per heavy atom. The van der Waals surface area contributed by atoms with Gasteiger partial charge in [0.05, 0.1) is 12.7 Å². The molecule has 4 nitrogen and oxygen atoms in total. The third kappa shape index (κ3) is 5.11. The Kier molecular flexibility index (Phi) is 6.07. The highest BCUT2D eigenvalue weighted by Gasteiger charge is 2.29. The Bertz CT molecular complexity index is 761. The van der Waals surface area contributed by atoms with Gasteiger partial charge in [0.15, 0.2) is 11.6 Å². The number of methoxy groups -OCH3 is 1. The Balaban J connectivity index is 1.90. The molecule has 0 radical (unpaired) electrons. The first-order chi connectivity index (χ1) is 12.2. The van der Waals surface area contributed by atoms with E-state index in [2.05, 4.69) is 5.32 Å². The van der Waals surface area contributed by atoms with Crippen molar-refractivity contribution in [3.05, 3.63) is 65.0 Å². The predicted molar refractivity (Wildman–Crippen MR) is 88.1 cm³/mol. The van der Waals surface area contributed by atoms with Gasteiger partial charge in [-0.3, -0.25) is 0 Å². The summed E-state index contributed by atoms with van der Waals surface area (Å²) in [4.78, 5) is 13.4. The lowest BCUT2D eigenvalue weighted by Gasteiger charge is -2.18. The quantitative estimate of drug-likeness (QED) is 0.802. The second-order valence-electron chi connectivity index (χ2n) is 5.68. The molecule has 0 heterocycles. The van der Waals surface area contributed by atoms with Crippen molar-refractivity contribution in [2.24, 2.45) is 0 Å². The van der Waals surface area contributed by atoms with Crippen LogP contribution < -0.4 is 10.1 Å². The number of halogens is 4. The molecule has 0 fully saturated rings. The Morgan fingerprint density at radius 2 is 1.73 bits per heavy atom. The number of rotatable bonds is 5. The van der Waals surface area contributed by atoms with Crippen molar-refractivity contribution in [3.63, 3.8) is 0 Å². The van der Waals surface area contributed by atoms with Gasteiger partial charge in [0.25, 0.3) is 0 Å². The third-order valence-electron chi connectivity index (χ3n) is 3.71. The van der Waals surface area contributed by atoms with E-state index < -0.39 is 23.6 Å². The van der Waals surface area contributed by atoms with Crippen molar-refractivity contribution in [3.8, 4) is 5.75 Å². The SMILES string of the molecule is COc1ccc(CN(C)C(=O)NCc2ccc(C(F)(F)F)cc2)cc1F. The molecule has 0 atom stereocenters. The topological polar surface area (TPSA) is 41.6 Å². The minimum Gasteiger partial charge on any atom is -0.494 e. The number of amides is 2. The second-order valence-corrected chi connectivity index (χ2v) is 5.68. The molecule has 140 valence electrons. The molecule has 1 N–H and O–H groups in total. The number of nitrogens with zero attached hydrogens (tertiary/aromatic N) is 1. The van der Waals surface area contributed by atoms with Gasteiger partial charge in [0.1, 0.15) is 0 Å². The first-order valence-electron chi connectivity index (χ1n) is 7.68. The number of carbonyl (C=O) groups excluding carboxylic acids is 1. The maximum Gasteiger partial charge on any atom is 0.416 e. The van der Waals surface area contributed by atoms with Crippen LogP contribution in [0.4, 0.5) is 22.4 Å². The number of hydrogen-bond acceptors (Lipinski definition) is 2. The van der Waals surface area contributed by atoms with Gasteiger partial charge in [0, 0.05) is 20.1 Å². The zero-order chi connectivity index (χ0) is 19.3. The molecule has 2 aromatic rings. The summed E-state index contributed by atoms with van der Waals surface area (Å²) in [7, 11) is 2.89. The largest absolute Gasteiger partial charge is 0.494 e. The molecule has 0 aliphatic rings. The summed E-state index contributed by atoms with van der Waals surface area (Å²) < 4.78 is 56.0. The van der Waals surface area contributed by atoms with Gasteiger partial charge in [-0.2, -0.15) is 13.2 Å². The molecule has 0 saturated heterocycles. The van der Waals surface area contributed by atoms with Crippen LogP contribution in [0.3, 0.4) is 0 Å². The molecule has 2 rings (SSSR count). The van der Waals surface area contributed by atoms with Crippen LogP contribution in [0.5, 0.6) is 5.75 Å². The van der Waals surface area contributed by atoms with Crippen LogP contribution in [-0.2, 0) is 19.3 Å². The lowest BCUT2D eigenvalue weighted by atomic mass is 10.1. The van der Waals surface area contributed by atoms with Crippen molar-refractivity contribution >= 4 is 6.03 Å².